The Labute approximate surface area is 132 Å². The minimum Gasteiger partial charge on any atom is -0.325 e. The number of halogens is 1. The van der Waals surface area contributed by atoms with E-state index in [-0.39, 0.29) is 24.4 Å². The number of hydrogen-bond donors (Lipinski definition) is 2. The first-order valence-corrected chi connectivity index (χ1v) is 7.49. The molecule has 2 heterocycles. The molecule has 2 atom stereocenters. The predicted molar refractivity (Wildman–Crippen MR) is 87.9 cm³/mol. The first-order valence-electron chi connectivity index (χ1n) is 7.49. The molecule has 2 fully saturated rings. The number of nitrogens with one attached hydrogen (secondary N) is 2. The number of para-hydroxylation sites is 1. The molecule has 2 aliphatic rings. The summed E-state index contributed by atoms with van der Waals surface area (Å²) in [5.74, 6) is 0.0965. The van der Waals surface area contributed by atoms with Crippen LogP contribution in [0.2, 0.25) is 0 Å². The molecule has 2 unspecified atom stereocenters. The Hall–Kier alpha value is -1.10. The second-order valence-corrected chi connectivity index (χ2v) is 6.18. The van der Waals surface area contributed by atoms with E-state index in [1.54, 1.807) is 0 Å². The largest absolute Gasteiger partial charge is 0.325 e. The van der Waals surface area contributed by atoms with Gasteiger partial charge in [-0.15, -0.1) is 12.4 Å². The molecule has 5 heteroatoms. The van der Waals surface area contributed by atoms with E-state index in [2.05, 4.69) is 15.5 Å². The zero-order valence-electron chi connectivity index (χ0n) is 12.5. The molecule has 0 bridgehead atoms. The van der Waals surface area contributed by atoms with E-state index in [0.717, 1.165) is 31.9 Å². The van der Waals surface area contributed by atoms with E-state index in [9.17, 15) is 4.79 Å². The summed E-state index contributed by atoms with van der Waals surface area (Å²) in [5.41, 5.74) is 1.29. The maximum Gasteiger partial charge on any atom is 0.241 e. The van der Waals surface area contributed by atoms with Gasteiger partial charge in [0.1, 0.15) is 0 Å². The highest BCUT2D eigenvalue weighted by atomic mass is 35.5. The molecule has 1 amide bonds. The van der Waals surface area contributed by atoms with E-state index in [0.29, 0.717) is 5.41 Å². The highest BCUT2D eigenvalue weighted by molar-refractivity contribution is 5.94. The molecule has 2 saturated heterocycles. The van der Waals surface area contributed by atoms with E-state index in [1.807, 2.05) is 37.3 Å². The van der Waals surface area contributed by atoms with Gasteiger partial charge in [-0.05, 0) is 50.4 Å². The molecule has 0 saturated carbocycles. The fourth-order valence-electron chi connectivity index (χ4n) is 3.38. The first-order chi connectivity index (χ1) is 9.69. The Balaban J connectivity index is 0.00000161. The standard InChI is InChI=1S/C16H23N3O.ClH/c1-13(15(20)18-14-5-3-2-4-6-14)19-10-8-16(12-19)7-9-17-11-16;/h2-6,13,17H,7-12H2,1H3,(H,18,20);1H. The third-order valence-corrected chi connectivity index (χ3v) is 4.77. The Bertz CT molecular complexity index is 474. The van der Waals surface area contributed by atoms with Crippen LogP contribution in [-0.4, -0.2) is 43.0 Å². The van der Waals surface area contributed by atoms with Crippen molar-refractivity contribution < 1.29 is 4.79 Å². The van der Waals surface area contributed by atoms with Crippen molar-refractivity contribution in [3.63, 3.8) is 0 Å². The summed E-state index contributed by atoms with van der Waals surface area (Å²) in [4.78, 5) is 14.7. The smallest absolute Gasteiger partial charge is 0.241 e. The summed E-state index contributed by atoms with van der Waals surface area (Å²) >= 11 is 0. The van der Waals surface area contributed by atoms with E-state index in [1.165, 1.54) is 12.8 Å². The van der Waals surface area contributed by atoms with Gasteiger partial charge in [0.05, 0.1) is 6.04 Å². The topological polar surface area (TPSA) is 44.4 Å². The Morgan fingerprint density at radius 3 is 2.76 bits per heavy atom. The van der Waals surface area contributed by atoms with E-state index < -0.39 is 0 Å². The van der Waals surface area contributed by atoms with Crippen molar-refractivity contribution >= 4 is 24.0 Å². The van der Waals surface area contributed by atoms with Crippen molar-refractivity contribution in [2.24, 2.45) is 5.41 Å². The number of amides is 1. The monoisotopic (exact) mass is 309 g/mol. The molecular weight excluding hydrogens is 286 g/mol. The van der Waals surface area contributed by atoms with E-state index >= 15 is 0 Å². The lowest BCUT2D eigenvalue weighted by Crippen LogP contribution is -2.42. The molecule has 0 radical (unpaired) electrons. The number of likely N-dealkylation sites (tertiary alicyclic amines) is 1. The number of benzene rings is 1. The highest BCUT2D eigenvalue weighted by Crippen LogP contribution is 2.36. The van der Waals surface area contributed by atoms with Crippen LogP contribution in [0.1, 0.15) is 19.8 Å². The minimum atomic E-state index is -0.0600. The molecule has 2 aliphatic heterocycles. The zero-order chi connectivity index (χ0) is 14.0. The van der Waals surface area contributed by atoms with Crippen LogP contribution in [0.5, 0.6) is 0 Å². The maximum atomic E-state index is 12.3. The molecule has 3 rings (SSSR count). The summed E-state index contributed by atoms with van der Waals surface area (Å²) in [7, 11) is 0. The molecule has 0 aliphatic carbocycles. The SMILES string of the molecule is CC(C(=O)Nc1ccccc1)N1CCC2(CCNC2)C1.Cl. The van der Waals surface area contributed by atoms with Crippen LogP contribution in [0.3, 0.4) is 0 Å². The lowest BCUT2D eigenvalue weighted by atomic mass is 9.86. The molecule has 2 N–H and O–H groups in total. The second-order valence-electron chi connectivity index (χ2n) is 6.18. The van der Waals surface area contributed by atoms with Gasteiger partial charge in [0.25, 0.3) is 0 Å². The predicted octanol–water partition coefficient (Wildman–Crippen LogP) is 2.12. The van der Waals surface area contributed by atoms with Gasteiger partial charge in [0, 0.05) is 18.8 Å². The number of nitrogens with zero attached hydrogens (tertiary/aromatic N) is 1. The Morgan fingerprint density at radius 1 is 1.33 bits per heavy atom. The summed E-state index contributed by atoms with van der Waals surface area (Å²) in [6.07, 6.45) is 2.46. The van der Waals surface area contributed by atoms with Gasteiger partial charge in [-0.1, -0.05) is 18.2 Å². The average Bonchev–Trinajstić information content (AvgIpc) is 3.10. The molecule has 0 aromatic heterocycles. The van der Waals surface area contributed by atoms with Crippen molar-refractivity contribution in [3.8, 4) is 0 Å². The zero-order valence-corrected chi connectivity index (χ0v) is 13.3. The van der Waals surface area contributed by atoms with Crippen LogP contribution in [0, 0.1) is 5.41 Å². The number of anilines is 1. The normalized spacial score (nSPS) is 26.5. The third-order valence-electron chi connectivity index (χ3n) is 4.77. The maximum absolute atomic E-state index is 12.3. The van der Waals surface area contributed by atoms with Crippen LogP contribution in [-0.2, 0) is 4.79 Å². The summed E-state index contributed by atoms with van der Waals surface area (Å²) < 4.78 is 0. The van der Waals surface area contributed by atoms with Crippen LogP contribution in [0.4, 0.5) is 5.69 Å². The van der Waals surface area contributed by atoms with Gasteiger partial charge in [0.2, 0.25) is 5.91 Å². The van der Waals surface area contributed by atoms with Crippen LogP contribution in [0.15, 0.2) is 30.3 Å². The number of carbonyl (C=O) groups is 1. The Kier molecular flexibility index (Phi) is 5.25. The molecule has 21 heavy (non-hydrogen) atoms. The Morgan fingerprint density at radius 2 is 2.10 bits per heavy atom. The fraction of sp³-hybridized carbons (Fsp3) is 0.562. The van der Waals surface area contributed by atoms with Crippen molar-refractivity contribution in [2.45, 2.75) is 25.8 Å². The van der Waals surface area contributed by atoms with Crippen LogP contribution >= 0.6 is 12.4 Å². The number of carbonyl (C=O) groups excluding carboxylic acids is 1. The van der Waals surface area contributed by atoms with Crippen LogP contribution in [0.25, 0.3) is 0 Å². The third kappa shape index (κ3) is 3.57. The molecule has 116 valence electrons. The van der Waals surface area contributed by atoms with Gasteiger partial charge in [0.15, 0.2) is 0 Å². The van der Waals surface area contributed by atoms with Crippen molar-refractivity contribution in [1.82, 2.24) is 10.2 Å². The minimum absolute atomic E-state index is 0. The summed E-state index contributed by atoms with van der Waals surface area (Å²) in [6, 6.07) is 9.63. The lowest BCUT2D eigenvalue weighted by Gasteiger charge is -2.26. The fourth-order valence-corrected chi connectivity index (χ4v) is 3.38. The second kappa shape index (κ2) is 6.77. The van der Waals surface area contributed by atoms with Crippen molar-refractivity contribution in [2.75, 3.05) is 31.5 Å². The summed E-state index contributed by atoms with van der Waals surface area (Å²) in [5, 5.41) is 6.46. The quantitative estimate of drug-likeness (QED) is 0.899. The average molecular weight is 310 g/mol. The molecule has 1 aromatic carbocycles. The van der Waals surface area contributed by atoms with Gasteiger partial charge in [-0.25, -0.2) is 0 Å². The van der Waals surface area contributed by atoms with Crippen LogP contribution < -0.4 is 10.6 Å². The van der Waals surface area contributed by atoms with Gasteiger partial charge < -0.3 is 10.6 Å². The summed E-state index contributed by atoms with van der Waals surface area (Å²) in [6.45, 7) is 6.32. The van der Waals surface area contributed by atoms with Gasteiger partial charge >= 0.3 is 0 Å². The molecule has 1 spiro atoms. The number of hydrogen-bond acceptors (Lipinski definition) is 3. The lowest BCUT2D eigenvalue weighted by molar-refractivity contribution is -0.120. The molecule has 4 nitrogen and oxygen atoms in total. The van der Waals surface area contributed by atoms with Crippen molar-refractivity contribution in [1.29, 1.82) is 0 Å². The molecular formula is C16H24ClN3O. The molecule has 1 aromatic rings. The number of rotatable bonds is 3. The highest BCUT2D eigenvalue weighted by Gasteiger charge is 2.42. The van der Waals surface area contributed by atoms with E-state index in [4.69, 9.17) is 0 Å². The van der Waals surface area contributed by atoms with Crippen molar-refractivity contribution in [3.05, 3.63) is 30.3 Å². The van der Waals surface area contributed by atoms with Gasteiger partial charge in [-0.3, -0.25) is 9.69 Å². The first kappa shape index (κ1) is 16.3. The van der Waals surface area contributed by atoms with Gasteiger partial charge in [-0.2, -0.15) is 0 Å².